The molecular weight excluding hydrogens is 239 g/mol. The van der Waals surface area contributed by atoms with Gasteiger partial charge in [0.25, 0.3) is 0 Å². The van der Waals surface area contributed by atoms with E-state index >= 15 is 0 Å². The van der Waals surface area contributed by atoms with Crippen LogP contribution in [-0.4, -0.2) is 15.6 Å². The van der Waals surface area contributed by atoms with E-state index < -0.39 is 5.60 Å². The number of hydrogen-bond acceptors (Lipinski definition) is 1. The van der Waals surface area contributed by atoms with Gasteiger partial charge in [-0.3, -0.25) is 0 Å². The Hall–Kier alpha value is 0.170. The third kappa shape index (κ3) is 1.61. The van der Waals surface area contributed by atoms with Gasteiger partial charge in [0.1, 0.15) is 0 Å². The van der Waals surface area contributed by atoms with Crippen LogP contribution in [0.15, 0.2) is 21.8 Å². The van der Waals surface area contributed by atoms with Crippen LogP contribution in [0, 0.1) is 0 Å². The maximum absolute atomic E-state index is 9.74. The van der Waals surface area contributed by atoms with Crippen LogP contribution in [0.3, 0.4) is 0 Å². The molecule has 1 atom stereocenters. The van der Waals surface area contributed by atoms with Gasteiger partial charge in [0, 0.05) is 0 Å². The molecule has 0 aromatic heterocycles. The first kappa shape index (κ1) is 8.27. The van der Waals surface area contributed by atoms with Crippen LogP contribution in [0.1, 0.15) is 13.3 Å². The first-order chi connectivity index (χ1) is 4.67. The van der Waals surface area contributed by atoms with Gasteiger partial charge in [-0.1, -0.05) is 0 Å². The Kier molecular flexibility index (Phi) is 2.52. The van der Waals surface area contributed by atoms with Crippen molar-refractivity contribution in [3.05, 3.63) is 21.8 Å². The number of aliphatic hydroxyl groups is 1. The summed E-state index contributed by atoms with van der Waals surface area (Å²) in [7, 11) is 0. The summed E-state index contributed by atoms with van der Waals surface area (Å²) < 4.78 is 1.24. The zero-order valence-corrected chi connectivity index (χ0v) is 8.42. The van der Waals surface area contributed by atoms with E-state index in [9.17, 15) is 5.11 Å². The van der Waals surface area contributed by atoms with Crippen molar-refractivity contribution < 1.29 is 26.3 Å². The second-order valence-corrected chi connectivity index (χ2v) is 4.85. The van der Waals surface area contributed by atoms with E-state index in [0.717, 1.165) is 6.42 Å². The van der Waals surface area contributed by atoms with Gasteiger partial charge in [-0.05, 0) is 0 Å². The van der Waals surface area contributed by atoms with Crippen LogP contribution >= 0.6 is 0 Å². The van der Waals surface area contributed by atoms with Crippen LogP contribution in [0.25, 0.3) is 0 Å². The van der Waals surface area contributed by atoms with Crippen molar-refractivity contribution in [2.45, 2.75) is 18.9 Å². The van der Waals surface area contributed by atoms with Crippen molar-refractivity contribution in [2.24, 2.45) is 0 Å². The summed E-state index contributed by atoms with van der Waals surface area (Å²) in [4.78, 5) is 2.18. The molecule has 0 fully saturated rings. The van der Waals surface area contributed by atoms with Crippen molar-refractivity contribution in [1.82, 2.24) is 0 Å². The zero-order valence-electron chi connectivity index (χ0n) is 6.26. The molecule has 0 aromatic rings. The van der Waals surface area contributed by atoms with Crippen LogP contribution in [0.4, 0.5) is 0 Å². The Morgan fingerprint density at radius 1 is 1.70 bits per heavy atom. The van der Waals surface area contributed by atoms with Crippen LogP contribution in [-0.2, 0) is 0 Å². The van der Waals surface area contributed by atoms with Crippen LogP contribution in [0.5, 0.6) is 0 Å². The molecule has 0 aliphatic heterocycles. The van der Waals surface area contributed by atoms with Gasteiger partial charge in [-0.25, -0.2) is 0 Å². The third-order valence-corrected chi connectivity index (χ3v) is 4.30. The van der Waals surface area contributed by atoms with E-state index in [1.807, 2.05) is 19.1 Å². The molecular formula is C8H12IO-. The van der Waals surface area contributed by atoms with E-state index in [-0.39, 0.29) is 21.2 Å². The van der Waals surface area contributed by atoms with Gasteiger partial charge in [0.05, 0.1) is 0 Å². The molecule has 0 spiro atoms. The van der Waals surface area contributed by atoms with E-state index in [4.69, 9.17) is 0 Å². The third-order valence-electron chi connectivity index (χ3n) is 1.61. The summed E-state index contributed by atoms with van der Waals surface area (Å²) in [5.41, 5.74) is -0.531. The van der Waals surface area contributed by atoms with Gasteiger partial charge in [0.15, 0.2) is 0 Å². The first-order valence-electron chi connectivity index (χ1n) is 3.26. The summed E-state index contributed by atoms with van der Waals surface area (Å²) in [6, 6.07) is 0. The average molecular weight is 251 g/mol. The SMILES string of the molecule is C[I-]C1=CC=CCC1(C)O. The Bertz CT molecular complexity index is 180. The maximum atomic E-state index is 9.74. The van der Waals surface area contributed by atoms with Gasteiger partial charge in [0.2, 0.25) is 0 Å². The van der Waals surface area contributed by atoms with E-state index in [2.05, 4.69) is 11.0 Å². The van der Waals surface area contributed by atoms with Crippen LogP contribution in [0.2, 0.25) is 0 Å². The van der Waals surface area contributed by atoms with Crippen molar-refractivity contribution in [1.29, 1.82) is 0 Å². The fourth-order valence-electron chi connectivity index (χ4n) is 0.994. The van der Waals surface area contributed by atoms with Crippen LogP contribution < -0.4 is 21.2 Å². The Morgan fingerprint density at radius 2 is 2.40 bits per heavy atom. The molecule has 1 N–H and O–H groups in total. The Labute approximate surface area is 72.1 Å². The zero-order chi connectivity index (χ0) is 7.61. The minimum absolute atomic E-state index is 0.0564. The Balaban J connectivity index is 2.81. The molecule has 0 bridgehead atoms. The molecule has 0 heterocycles. The normalized spacial score (nSPS) is 32.5. The standard InChI is InChI=1S/C8H12IO/c1-8(10)6-4-3-5-7(8)9-2/h3-5,10H,6H2,1-2H3/q-1. The van der Waals surface area contributed by atoms with E-state index in [1.165, 1.54) is 3.58 Å². The summed E-state index contributed by atoms with van der Waals surface area (Å²) in [5, 5.41) is 9.74. The molecule has 1 unspecified atom stereocenters. The molecule has 58 valence electrons. The molecule has 10 heavy (non-hydrogen) atoms. The van der Waals surface area contributed by atoms with E-state index in [0.29, 0.717) is 0 Å². The summed E-state index contributed by atoms with van der Waals surface area (Å²) >= 11 is 0.0564. The fourth-order valence-corrected chi connectivity index (χ4v) is 2.94. The first-order valence-corrected chi connectivity index (χ1v) is 6.49. The molecule has 0 saturated heterocycles. The number of rotatable bonds is 1. The number of alkyl halides is 1. The van der Waals surface area contributed by atoms with E-state index in [1.54, 1.807) is 0 Å². The molecule has 0 radical (unpaired) electrons. The number of hydrogen-bond donors (Lipinski definition) is 1. The molecule has 0 aromatic carbocycles. The minimum atomic E-state index is -0.531. The number of allylic oxidation sites excluding steroid dienone is 2. The Morgan fingerprint density at radius 3 is 2.80 bits per heavy atom. The molecule has 0 amide bonds. The van der Waals surface area contributed by atoms with Crippen molar-refractivity contribution in [3.63, 3.8) is 0 Å². The van der Waals surface area contributed by atoms with Crippen molar-refractivity contribution in [3.8, 4) is 0 Å². The second kappa shape index (κ2) is 3.05. The second-order valence-electron chi connectivity index (χ2n) is 2.61. The van der Waals surface area contributed by atoms with Gasteiger partial charge in [-0.15, -0.1) is 0 Å². The fraction of sp³-hybridized carbons (Fsp3) is 0.500. The monoisotopic (exact) mass is 251 g/mol. The predicted molar refractivity (Wildman–Crippen MR) is 38.4 cm³/mol. The molecule has 1 rings (SSSR count). The van der Waals surface area contributed by atoms with Gasteiger partial charge < -0.3 is 0 Å². The van der Waals surface area contributed by atoms with Crippen molar-refractivity contribution >= 4 is 0 Å². The topological polar surface area (TPSA) is 20.2 Å². The molecule has 1 aliphatic carbocycles. The van der Waals surface area contributed by atoms with Crippen molar-refractivity contribution in [2.75, 3.05) is 4.93 Å². The quantitative estimate of drug-likeness (QED) is 0.435. The predicted octanol–water partition coefficient (Wildman–Crippen LogP) is -1.70. The average Bonchev–Trinajstić information content (AvgIpc) is 1.87. The summed E-state index contributed by atoms with van der Waals surface area (Å²) in [6.07, 6.45) is 6.89. The van der Waals surface area contributed by atoms with Gasteiger partial charge in [-0.2, -0.15) is 0 Å². The molecule has 1 nitrogen and oxygen atoms in total. The number of halogens is 1. The molecule has 0 saturated carbocycles. The summed E-state index contributed by atoms with van der Waals surface area (Å²) in [6.45, 7) is 1.89. The summed E-state index contributed by atoms with van der Waals surface area (Å²) in [5.74, 6) is 0. The van der Waals surface area contributed by atoms with Gasteiger partial charge >= 0.3 is 72.0 Å². The molecule has 2 heteroatoms. The molecule has 1 aliphatic rings.